The number of aromatic amines is 1. The number of ether oxygens (including phenoxy) is 1. The highest BCUT2D eigenvalue weighted by molar-refractivity contribution is 7.49. The lowest BCUT2D eigenvalue weighted by molar-refractivity contribution is -0.0265. The summed E-state index contributed by atoms with van der Waals surface area (Å²) in [5.41, 5.74) is -0.725. The molecule has 2 aliphatic heterocycles. The SMILES string of the molecule is C#Cc1cn(C2CCC(COP3(=O)OCc4c(F)c(C(C)(C)C)cc(C(C)(C)C)c4O3)O2)c(=O)[nH]c1=O. The van der Waals surface area contributed by atoms with E-state index in [2.05, 4.69) is 10.9 Å². The summed E-state index contributed by atoms with van der Waals surface area (Å²) in [5.74, 6) is 1.97. The molecule has 0 radical (unpaired) electrons. The Morgan fingerprint density at radius 1 is 1.19 bits per heavy atom. The third kappa shape index (κ3) is 5.46. The van der Waals surface area contributed by atoms with Crippen molar-refractivity contribution in [3.05, 3.63) is 61.2 Å². The van der Waals surface area contributed by atoms with E-state index in [1.165, 1.54) is 10.8 Å². The van der Waals surface area contributed by atoms with Gasteiger partial charge in [0.2, 0.25) is 0 Å². The van der Waals surface area contributed by atoms with E-state index in [4.69, 9.17) is 24.7 Å². The number of benzene rings is 1. The number of phosphoric ester groups is 1. The van der Waals surface area contributed by atoms with Crippen LogP contribution in [0.4, 0.5) is 4.39 Å². The summed E-state index contributed by atoms with van der Waals surface area (Å²) in [6, 6.07) is 1.76. The van der Waals surface area contributed by atoms with Crippen molar-refractivity contribution in [2.75, 3.05) is 6.61 Å². The second-order valence-electron chi connectivity index (χ2n) is 11.3. The maximum absolute atomic E-state index is 15.4. The monoisotopic (exact) mass is 534 g/mol. The van der Waals surface area contributed by atoms with E-state index in [0.717, 1.165) is 0 Å². The molecule has 37 heavy (non-hydrogen) atoms. The summed E-state index contributed by atoms with van der Waals surface area (Å²) in [6.07, 6.45) is 6.30. The molecule has 2 aromatic rings. The fourth-order valence-electron chi connectivity index (χ4n) is 4.37. The van der Waals surface area contributed by atoms with Crippen molar-refractivity contribution < 1.29 is 27.3 Å². The Bertz CT molecular complexity index is 1430. The minimum absolute atomic E-state index is 0.00603. The zero-order valence-corrected chi connectivity index (χ0v) is 22.7. The fourth-order valence-corrected chi connectivity index (χ4v) is 5.62. The van der Waals surface area contributed by atoms with Gasteiger partial charge in [0.15, 0.2) is 0 Å². The molecule has 0 spiro atoms. The molecule has 0 amide bonds. The Kier molecular flexibility index (Phi) is 7.06. The van der Waals surface area contributed by atoms with Gasteiger partial charge in [-0.15, -0.1) is 6.42 Å². The number of nitrogens with zero attached hydrogens (tertiary/aromatic N) is 1. The van der Waals surface area contributed by atoms with Crippen LogP contribution in [0, 0.1) is 18.2 Å². The number of rotatable bonds is 4. The van der Waals surface area contributed by atoms with Crippen LogP contribution in [0.25, 0.3) is 0 Å². The molecule has 0 saturated carbocycles. The number of halogens is 1. The van der Waals surface area contributed by atoms with Crippen molar-refractivity contribution >= 4 is 7.82 Å². The van der Waals surface area contributed by atoms with Gasteiger partial charge in [0, 0.05) is 11.8 Å². The van der Waals surface area contributed by atoms with Gasteiger partial charge in [-0.1, -0.05) is 47.5 Å². The van der Waals surface area contributed by atoms with Crippen LogP contribution in [0.15, 0.2) is 21.9 Å². The van der Waals surface area contributed by atoms with Gasteiger partial charge in [0.25, 0.3) is 5.56 Å². The molecular formula is C26H32FN2O7P. The van der Waals surface area contributed by atoms with E-state index in [0.29, 0.717) is 24.0 Å². The van der Waals surface area contributed by atoms with Gasteiger partial charge < -0.3 is 9.26 Å². The number of H-pyrrole nitrogens is 1. The molecule has 1 saturated heterocycles. The molecule has 3 heterocycles. The lowest BCUT2D eigenvalue weighted by Gasteiger charge is -2.33. The summed E-state index contributed by atoms with van der Waals surface area (Å²) in [7, 11) is -4.08. The standard InChI is InChI=1S/C26H32FN2O7P/c1-8-15-12-29(24(31)28-23(15)30)20-10-9-16(35-20)13-33-37(32)34-14-17-21(27)18(25(2,3)4)11-19(22(17)36-37)26(5,6)7/h1,11-12,16,20H,9-10,13-14H2,2-7H3,(H,28,30,31). The van der Waals surface area contributed by atoms with E-state index < -0.39 is 48.1 Å². The van der Waals surface area contributed by atoms with Crippen molar-refractivity contribution in [1.82, 2.24) is 9.55 Å². The Morgan fingerprint density at radius 3 is 2.49 bits per heavy atom. The number of fused-ring (bicyclic) bond motifs is 1. The number of hydrogen-bond donors (Lipinski definition) is 1. The second-order valence-corrected chi connectivity index (χ2v) is 12.9. The molecule has 1 aromatic carbocycles. The van der Waals surface area contributed by atoms with Crippen LogP contribution in [0.1, 0.15) is 82.9 Å². The van der Waals surface area contributed by atoms with Crippen molar-refractivity contribution in [2.45, 2.75) is 84.2 Å². The third-order valence-corrected chi connectivity index (χ3v) is 7.75. The topological polar surface area (TPSA) is 109 Å². The molecule has 11 heteroatoms. The molecule has 1 fully saturated rings. The van der Waals surface area contributed by atoms with Gasteiger partial charge in [-0.05, 0) is 35.3 Å². The van der Waals surface area contributed by atoms with Crippen molar-refractivity contribution in [3.8, 4) is 18.1 Å². The molecule has 1 N–H and O–H groups in total. The van der Waals surface area contributed by atoms with Crippen molar-refractivity contribution in [3.63, 3.8) is 0 Å². The first-order valence-corrected chi connectivity index (χ1v) is 13.5. The Hall–Kier alpha value is -2.70. The lowest BCUT2D eigenvalue weighted by Crippen LogP contribution is -2.33. The highest BCUT2D eigenvalue weighted by Gasteiger charge is 2.41. The second kappa shape index (κ2) is 9.55. The molecule has 1 aromatic heterocycles. The average molecular weight is 535 g/mol. The number of terminal acetylenes is 1. The van der Waals surface area contributed by atoms with Crippen LogP contribution in [0.5, 0.6) is 5.75 Å². The summed E-state index contributed by atoms with van der Waals surface area (Å²) in [5, 5.41) is 0. The highest BCUT2D eigenvalue weighted by atomic mass is 31.2. The fraction of sp³-hybridized carbons (Fsp3) is 0.538. The van der Waals surface area contributed by atoms with Gasteiger partial charge in [0.05, 0.1) is 24.9 Å². The molecule has 0 bridgehead atoms. The Balaban J connectivity index is 1.52. The first kappa shape index (κ1) is 27.3. The first-order chi connectivity index (χ1) is 17.1. The summed E-state index contributed by atoms with van der Waals surface area (Å²) >= 11 is 0. The summed E-state index contributed by atoms with van der Waals surface area (Å²) < 4.78 is 52.7. The predicted octanol–water partition coefficient (Wildman–Crippen LogP) is 4.66. The van der Waals surface area contributed by atoms with E-state index >= 15 is 4.39 Å². The molecule has 9 nitrogen and oxygen atoms in total. The average Bonchev–Trinajstić information content (AvgIpc) is 3.25. The Labute approximate surface area is 214 Å². The predicted molar refractivity (Wildman–Crippen MR) is 135 cm³/mol. The quantitative estimate of drug-likeness (QED) is 0.449. The van der Waals surface area contributed by atoms with Crippen LogP contribution < -0.4 is 15.8 Å². The normalized spacial score (nSPS) is 23.8. The molecule has 3 unspecified atom stereocenters. The number of nitrogens with one attached hydrogen (secondary N) is 1. The largest absolute Gasteiger partial charge is 0.530 e. The van der Waals surface area contributed by atoms with E-state index in [-0.39, 0.29) is 30.1 Å². The minimum Gasteiger partial charge on any atom is -0.403 e. The van der Waals surface area contributed by atoms with Gasteiger partial charge in [-0.2, -0.15) is 0 Å². The van der Waals surface area contributed by atoms with Crippen LogP contribution in [-0.4, -0.2) is 22.3 Å². The molecule has 0 aliphatic carbocycles. The summed E-state index contributed by atoms with van der Waals surface area (Å²) in [6.45, 7) is 11.3. The van der Waals surface area contributed by atoms with E-state index in [1.54, 1.807) is 6.07 Å². The summed E-state index contributed by atoms with van der Waals surface area (Å²) in [4.78, 5) is 26.1. The number of aromatic nitrogens is 2. The zero-order chi connectivity index (χ0) is 27.3. The van der Waals surface area contributed by atoms with Crippen LogP contribution >= 0.6 is 7.82 Å². The van der Waals surface area contributed by atoms with Crippen molar-refractivity contribution in [2.24, 2.45) is 0 Å². The maximum atomic E-state index is 15.4. The van der Waals surface area contributed by atoms with Crippen LogP contribution in [0.3, 0.4) is 0 Å². The van der Waals surface area contributed by atoms with Crippen LogP contribution in [-0.2, 0) is 35.8 Å². The van der Waals surface area contributed by atoms with Gasteiger partial charge in [0.1, 0.15) is 23.4 Å². The molecular weight excluding hydrogens is 502 g/mol. The van der Waals surface area contributed by atoms with Gasteiger partial charge in [-0.3, -0.25) is 23.4 Å². The van der Waals surface area contributed by atoms with Crippen LogP contribution in [0.2, 0.25) is 0 Å². The first-order valence-electron chi connectivity index (χ1n) is 12.1. The molecule has 200 valence electrons. The van der Waals surface area contributed by atoms with Gasteiger partial charge >= 0.3 is 13.5 Å². The van der Waals surface area contributed by atoms with E-state index in [1.807, 2.05) is 41.5 Å². The minimum atomic E-state index is -4.08. The van der Waals surface area contributed by atoms with E-state index in [9.17, 15) is 14.2 Å². The van der Waals surface area contributed by atoms with Crippen molar-refractivity contribution in [1.29, 1.82) is 0 Å². The molecule has 2 aliphatic rings. The Morgan fingerprint density at radius 2 is 1.86 bits per heavy atom. The third-order valence-electron chi connectivity index (χ3n) is 6.43. The number of hydrogen-bond acceptors (Lipinski definition) is 7. The smallest absolute Gasteiger partial charge is 0.403 e. The number of phosphoric acid groups is 1. The van der Waals surface area contributed by atoms with Gasteiger partial charge in [-0.25, -0.2) is 13.8 Å². The maximum Gasteiger partial charge on any atom is 0.530 e. The lowest BCUT2D eigenvalue weighted by atomic mass is 9.78. The molecule has 3 atom stereocenters. The zero-order valence-electron chi connectivity index (χ0n) is 21.8. The highest BCUT2D eigenvalue weighted by Crippen LogP contribution is 2.58. The molecule has 4 rings (SSSR count).